The van der Waals surface area contributed by atoms with Crippen LogP contribution in [0.3, 0.4) is 0 Å². The summed E-state index contributed by atoms with van der Waals surface area (Å²) in [5, 5.41) is 8.42. The number of rotatable bonds is 4. The highest BCUT2D eigenvalue weighted by atomic mass is 19.4. The van der Waals surface area contributed by atoms with E-state index in [9.17, 15) is 13.2 Å². The SMILES string of the molecule is CN(C)c1ccc(N2CCN(Cc3ccccc3C(F)(F)F)CC2)nn1. The maximum absolute atomic E-state index is 13.1. The second-order valence-corrected chi connectivity index (χ2v) is 6.56. The molecule has 26 heavy (non-hydrogen) atoms. The molecular formula is C18H22F3N5. The molecule has 2 aromatic rings. The Labute approximate surface area is 151 Å². The molecule has 2 heterocycles. The van der Waals surface area contributed by atoms with Gasteiger partial charge in [0.1, 0.15) is 0 Å². The summed E-state index contributed by atoms with van der Waals surface area (Å²) in [7, 11) is 3.81. The van der Waals surface area contributed by atoms with Gasteiger partial charge in [-0.3, -0.25) is 4.90 Å². The van der Waals surface area contributed by atoms with Crippen LogP contribution in [-0.2, 0) is 12.7 Å². The van der Waals surface area contributed by atoms with Gasteiger partial charge in [-0.1, -0.05) is 18.2 Å². The van der Waals surface area contributed by atoms with Gasteiger partial charge in [-0.25, -0.2) is 0 Å². The van der Waals surface area contributed by atoms with Crippen molar-refractivity contribution >= 4 is 11.6 Å². The van der Waals surface area contributed by atoms with Gasteiger partial charge in [0.2, 0.25) is 0 Å². The van der Waals surface area contributed by atoms with Crippen LogP contribution in [0.15, 0.2) is 36.4 Å². The van der Waals surface area contributed by atoms with Crippen molar-refractivity contribution in [1.29, 1.82) is 0 Å². The summed E-state index contributed by atoms with van der Waals surface area (Å²) >= 11 is 0. The number of anilines is 2. The third-order valence-corrected chi connectivity index (χ3v) is 4.51. The van der Waals surface area contributed by atoms with Crippen molar-refractivity contribution in [1.82, 2.24) is 15.1 Å². The Morgan fingerprint density at radius 2 is 1.65 bits per heavy atom. The van der Waals surface area contributed by atoms with Gasteiger partial charge in [-0.15, -0.1) is 10.2 Å². The molecule has 1 aliphatic rings. The van der Waals surface area contributed by atoms with E-state index in [-0.39, 0.29) is 0 Å². The molecule has 5 nitrogen and oxygen atoms in total. The summed E-state index contributed by atoms with van der Waals surface area (Å²) in [6, 6.07) is 9.63. The first-order chi connectivity index (χ1) is 12.3. The van der Waals surface area contributed by atoms with E-state index in [4.69, 9.17) is 0 Å². The van der Waals surface area contributed by atoms with Crippen LogP contribution in [-0.4, -0.2) is 55.4 Å². The van der Waals surface area contributed by atoms with Crippen LogP contribution in [0.5, 0.6) is 0 Å². The molecule has 1 aliphatic heterocycles. The quantitative estimate of drug-likeness (QED) is 0.833. The van der Waals surface area contributed by atoms with Crippen LogP contribution in [0.4, 0.5) is 24.8 Å². The molecule has 8 heteroatoms. The van der Waals surface area contributed by atoms with Crippen molar-refractivity contribution in [3.63, 3.8) is 0 Å². The van der Waals surface area contributed by atoms with Crippen molar-refractivity contribution in [3.05, 3.63) is 47.5 Å². The first-order valence-electron chi connectivity index (χ1n) is 8.48. The smallest absolute Gasteiger partial charge is 0.361 e. The van der Waals surface area contributed by atoms with E-state index in [0.29, 0.717) is 38.3 Å². The molecule has 0 radical (unpaired) electrons. The zero-order chi connectivity index (χ0) is 18.7. The third kappa shape index (κ3) is 4.24. The lowest BCUT2D eigenvalue weighted by molar-refractivity contribution is -0.138. The molecule has 0 bridgehead atoms. The highest BCUT2D eigenvalue weighted by molar-refractivity contribution is 5.44. The third-order valence-electron chi connectivity index (χ3n) is 4.51. The lowest BCUT2D eigenvalue weighted by Gasteiger charge is -2.35. The van der Waals surface area contributed by atoms with E-state index in [1.807, 2.05) is 36.0 Å². The average molecular weight is 365 g/mol. The average Bonchev–Trinajstić information content (AvgIpc) is 2.62. The second-order valence-electron chi connectivity index (χ2n) is 6.56. The predicted molar refractivity (Wildman–Crippen MR) is 95.3 cm³/mol. The van der Waals surface area contributed by atoms with E-state index in [2.05, 4.69) is 15.1 Å². The second kappa shape index (κ2) is 7.49. The Balaban J connectivity index is 1.61. The van der Waals surface area contributed by atoms with Gasteiger partial charge in [-0.2, -0.15) is 13.2 Å². The van der Waals surface area contributed by atoms with Gasteiger partial charge >= 0.3 is 6.18 Å². The number of nitrogens with zero attached hydrogens (tertiary/aromatic N) is 5. The number of hydrogen-bond acceptors (Lipinski definition) is 5. The number of aromatic nitrogens is 2. The number of alkyl halides is 3. The van der Waals surface area contributed by atoms with Gasteiger partial charge in [0.05, 0.1) is 5.56 Å². The van der Waals surface area contributed by atoms with Crippen LogP contribution in [0.1, 0.15) is 11.1 Å². The Bertz CT molecular complexity index is 722. The molecule has 0 aliphatic carbocycles. The normalized spacial score (nSPS) is 16.0. The minimum Gasteiger partial charge on any atom is -0.361 e. The number of benzene rings is 1. The molecule has 0 amide bonds. The van der Waals surface area contributed by atoms with Crippen molar-refractivity contribution in [2.24, 2.45) is 0 Å². The lowest BCUT2D eigenvalue weighted by atomic mass is 10.1. The number of halogens is 3. The van der Waals surface area contributed by atoms with Crippen molar-refractivity contribution in [2.45, 2.75) is 12.7 Å². The molecule has 140 valence electrons. The van der Waals surface area contributed by atoms with Crippen LogP contribution < -0.4 is 9.80 Å². The first-order valence-corrected chi connectivity index (χ1v) is 8.48. The molecule has 1 fully saturated rings. The van der Waals surface area contributed by atoms with Gasteiger partial charge in [0.15, 0.2) is 11.6 Å². The molecule has 3 rings (SSSR count). The molecule has 0 spiro atoms. The van der Waals surface area contributed by atoms with Crippen LogP contribution in [0.25, 0.3) is 0 Å². The fraction of sp³-hybridized carbons (Fsp3) is 0.444. The molecule has 0 N–H and O–H groups in total. The molecule has 0 atom stereocenters. The lowest BCUT2D eigenvalue weighted by Crippen LogP contribution is -2.46. The number of hydrogen-bond donors (Lipinski definition) is 0. The van der Waals surface area contributed by atoms with Crippen LogP contribution in [0, 0.1) is 0 Å². The molecule has 1 aromatic heterocycles. The number of piperazine rings is 1. The van der Waals surface area contributed by atoms with E-state index < -0.39 is 11.7 Å². The summed E-state index contributed by atoms with van der Waals surface area (Å²) in [5.74, 6) is 1.59. The molecular weight excluding hydrogens is 343 g/mol. The molecule has 0 saturated carbocycles. The Morgan fingerprint density at radius 1 is 0.962 bits per heavy atom. The van der Waals surface area contributed by atoms with Crippen LogP contribution >= 0.6 is 0 Å². The Hall–Kier alpha value is -2.35. The highest BCUT2D eigenvalue weighted by Gasteiger charge is 2.33. The maximum atomic E-state index is 13.1. The van der Waals surface area contributed by atoms with E-state index >= 15 is 0 Å². The first kappa shape index (κ1) is 18.4. The van der Waals surface area contributed by atoms with E-state index in [1.54, 1.807) is 12.1 Å². The minimum absolute atomic E-state index is 0.300. The van der Waals surface area contributed by atoms with Crippen molar-refractivity contribution < 1.29 is 13.2 Å². The zero-order valence-electron chi connectivity index (χ0n) is 14.9. The summed E-state index contributed by atoms with van der Waals surface area (Å²) in [6.45, 7) is 3.09. The monoisotopic (exact) mass is 365 g/mol. The standard InChI is InChI=1S/C18H22F3N5/c1-24(2)16-7-8-17(23-22-16)26-11-9-25(10-12-26)13-14-5-3-4-6-15(14)18(19,20)21/h3-8H,9-13H2,1-2H3. The largest absolute Gasteiger partial charge is 0.416 e. The summed E-state index contributed by atoms with van der Waals surface area (Å²) in [5.41, 5.74) is -0.226. The zero-order valence-corrected chi connectivity index (χ0v) is 14.9. The summed E-state index contributed by atoms with van der Waals surface area (Å²) in [4.78, 5) is 6.04. The van der Waals surface area contributed by atoms with Crippen molar-refractivity contribution in [3.8, 4) is 0 Å². The Kier molecular flexibility index (Phi) is 5.31. The predicted octanol–water partition coefficient (Wildman–Crippen LogP) is 2.88. The summed E-state index contributed by atoms with van der Waals surface area (Å²) in [6.07, 6.45) is -4.32. The van der Waals surface area contributed by atoms with Crippen molar-refractivity contribution in [2.75, 3.05) is 50.1 Å². The topological polar surface area (TPSA) is 35.5 Å². The van der Waals surface area contributed by atoms with Gasteiger partial charge in [-0.05, 0) is 23.8 Å². The fourth-order valence-corrected chi connectivity index (χ4v) is 3.04. The fourth-order valence-electron chi connectivity index (χ4n) is 3.04. The highest BCUT2D eigenvalue weighted by Crippen LogP contribution is 2.32. The van der Waals surface area contributed by atoms with Gasteiger partial charge in [0, 0.05) is 46.8 Å². The summed E-state index contributed by atoms with van der Waals surface area (Å²) < 4.78 is 39.4. The van der Waals surface area contributed by atoms with E-state index in [0.717, 1.165) is 17.7 Å². The van der Waals surface area contributed by atoms with Gasteiger partial charge in [0.25, 0.3) is 0 Å². The van der Waals surface area contributed by atoms with Gasteiger partial charge < -0.3 is 9.80 Å². The Morgan fingerprint density at radius 3 is 2.23 bits per heavy atom. The van der Waals surface area contributed by atoms with E-state index in [1.165, 1.54) is 6.07 Å². The van der Waals surface area contributed by atoms with Crippen LogP contribution in [0.2, 0.25) is 0 Å². The molecule has 0 unspecified atom stereocenters. The maximum Gasteiger partial charge on any atom is 0.416 e. The minimum atomic E-state index is -4.32. The molecule has 1 saturated heterocycles. The molecule has 1 aromatic carbocycles.